The number of carboxylic acids is 1. The lowest BCUT2D eigenvalue weighted by Gasteiger charge is -2.41. The first-order valence-corrected chi connectivity index (χ1v) is 15.2. The first-order valence-electron chi connectivity index (χ1n) is 15.2. The van der Waals surface area contributed by atoms with Crippen LogP contribution < -0.4 is 4.90 Å². The lowest BCUT2D eigenvalue weighted by atomic mass is 9.81. The molecule has 8 heteroatoms. The van der Waals surface area contributed by atoms with Gasteiger partial charge in [-0.25, -0.2) is 9.78 Å². The number of ether oxygens (including phenoxy) is 1. The average Bonchev–Trinajstić information content (AvgIpc) is 3.30. The third kappa shape index (κ3) is 6.40. The number of hydrogen-bond acceptors (Lipinski definition) is 6. The normalized spacial score (nSPS) is 18.1. The summed E-state index contributed by atoms with van der Waals surface area (Å²) in [6, 6.07) is 6.76. The van der Waals surface area contributed by atoms with Crippen molar-refractivity contribution in [2.45, 2.75) is 99.4 Å². The highest BCUT2D eigenvalue weighted by Gasteiger charge is 2.36. The van der Waals surface area contributed by atoms with Crippen molar-refractivity contribution in [1.29, 1.82) is 0 Å². The van der Waals surface area contributed by atoms with Gasteiger partial charge < -0.3 is 19.7 Å². The SMILES string of the molecule is Cc1nc[nH]c1CN1CCc2cc(-c3c(C)nc(C)c([C@H](OC(C)(C)C)C(=O)O)c3N3CCC(C)(C)CC3)ccc2C1. The van der Waals surface area contributed by atoms with Crippen LogP contribution in [0.15, 0.2) is 24.5 Å². The number of carbonyl (C=O) groups is 1. The number of carboxylic acid groups (broad SMARTS) is 1. The van der Waals surface area contributed by atoms with E-state index >= 15 is 0 Å². The third-order valence-electron chi connectivity index (χ3n) is 8.87. The number of H-pyrrole nitrogens is 1. The summed E-state index contributed by atoms with van der Waals surface area (Å²) in [6.07, 6.45) is 3.70. The lowest BCUT2D eigenvalue weighted by molar-refractivity contribution is -0.160. The van der Waals surface area contributed by atoms with Crippen LogP contribution in [0.1, 0.15) is 93.0 Å². The summed E-state index contributed by atoms with van der Waals surface area (Å²) in [5, 5.41) is 10.5. The number of anilines is 1. The predicted molar refractivity (Wildman–Crippen MR) is 167 cm³/mol. The fourth-order valence-corrected chi connectivity index (χ4v) is 6.43. The highest BCUT2D eigenvalue weighted by molar-refractivity contribution is 5.88. The van der Waals surface area contributed by atoms with E-state index in [2.05, 4.69) is 58.7 Å². The van der Waals surface area contributed by atoms with E-state index in [1.54, 1.807) is 6.33 Å². The van der Waals surface area contributed by atoms with Gasteiger partial charge in [0.05, 0.1) is 29.0 Å². The minimum atomic E-state index is -1.11. The van der Waals surface area contributed by atoms with E-state index in [-0.39, 0.29) is 5.41 Å². The van der Waals surface area contributed by atoms with Crippen LogP contribution in [0.4, 0.5) is 5.69 Å². The van der Waals surface area contributed by atoms with Crippen LogP contribution in [0.5, 0.6) is 0 Å². The maximum absolute atomic E-state index is 12.8. The Kier molecular flexibility index (Phi) is 8.25. The van der Waals surface area contributed by atoms with Gasteiger partial charge in [-0.1, -0.05) is 32.0 Å². The standard InChI is InChI=1S/C34H47N5O3/c1-21-27(36-20-35-21)19-38-14-11-24-17-25(9-10-26(24)18-38)28-22(2)37-23(3)29(31(32(40)41)42-33(4,5)6)30(28)39-15-12-34(7,8)13-16-39/h9-10,17,20,31H,11-16,18-19H2,1-8H3,(H,35,36)(H,40,41)/t31-/m0/s1. The maximum atomic E-state index is 12.8. The first kappa shape index (κ1) is 30.2. The van der Waals surface area contributed by atoms with Crippen molar-refractivity contribution in [3.8, 4) is 11.1 Å². The van der Waals surface area contributed by atoms with Gasteiger partial charge >= 0.3 is 5.97 Å². The Morgan fingerprint density at radius 1 is 1.07 bits per heavy atom. The molecule has 0 bridgehead atoms. The number of fused-ring (bicyclic) bond motifs is 1. The highest BCUT2D eigenvalue weighted by atomic mass is 16.5. The summed E-state index contributed by atoms with van der Waals surface area (Å²) in [4.78, 5) is 30.2. The van der Waals surface area contributed by atoms with Crippen LogP contribution in [0.3, 0.4) is 0 Å². The van der Waals surface area contributed by atoms with Gasteiger partial charge in [0.1, 0.15) is 0 Å². The second-order valence-electron chi connectivity index (χ2n) is 13.9. The molecule has 1 aromatic carbocycles. The van der Waals surface area contributed by atoms with E-state index in [1.807, 2.05) is 34.6 Å². The van der Waals surface area contributed by atoms with Gasteiger partial charge in [-0.05, 0) is 82.9 Å². The molecule has 5 rings (SSSR count). The second kappa shape index (κ2) is 11.5. The number of piperidine rings is 1. The Morgan fingerprint density at radius 2 is 1.79 bits per heavy atom. The Bertz CT molecular complexity index is 1460. The van der Waals surface area contributed by atoms with E-state index in [0.29, 0.717) is 5.56 Å². The number of aromatic nitrogens is 3. The second-order valence-corrected chi connectivity index (χ2v) is 13.9. The van der Waals surface area contributed by atoms with Crippen molar-refractivity contribution in [3.63, 3.8) is 0 Å². The molecule has 4 heterocycles. The van der Waals surface area contributed by atoms with Crippen molar-refractivity contribution in [1.82, 2.24) is 19.9 Å². The smallest absolute Gasteiger partial charge is 0.337 e. The molecule has 2 aliphatic rings. The molecule has 1 atom stereocenters. The number of nitrogens with zero attached hydrogens (tertiary/aromatic N) is 4. The van der Waals surface area contributed by atoms with E-state index in [9.17, 15) is 9.90 Å². The predicted octanol–water partition coefficient (Wildman–Crippen LogP) is 6.52. The monoisotopic (exact) mass is 573 g/mol. The molecule has 42 heavy (non-hydrogen) atoms. The molecule has 1 saturated heterocycles. The minimum absolute atomic E-state index is 0.258. The number of aryl methyl sites for hydroxylation is 3. The molecule has 226 valence electrons. The highest BCUT2D eigenvalue weighted by Crippen LogP contribution is 2.45. The summed E-state index contributed by atoms with van der Waals surface area (Å²) in [6.45, 7) is 20.8. The molecule has 0 radical (unpaired) electrons. The molecular weight excluding hydrogens is 526 g/mol. The summed E-state index contributed by atoms with van der Waals surface area (Å²) < 4.78 is 6.24. The molecule has 0 unspecified atom stereocenters. The van der Waals surface area contributed by atoms with Crippen LogP contribution >= 0.6 is 0 Å². The van der Waals surface area contributed by atoms with Crippen LogP contribution in [-0.2, 0) is 29.0 Å². The first-order chi connectivity index (χ1) is 19.7. The topological polar surface area (TPSA) is 94.6 Å². The molecular formula is C34H47N5O3. The summed E-state index contributed by atoms with van der Waals surface area (Å²) >= 11 is 0. The Balaban J connectivity index is 1.59. The molecule has 0 saturated carbocycles. The molecule has 0 amide bonds. The zero-order valence-corrected chi connectivity index (χ0v) is 26.6. The van der Waals surface area contributed by atoms with Gasteiger partial charge in [-0.15, -0.1) is 0 Å². The van der Waals surface area contributed by atoms with E-state index in [0.717, 1.165) is 85.9 Å². The number of rotatable bonds is 7. The average molecular weight is 574 g/mol. The fourth-order valence-electron chi connectivity index (χ4n) is 6.43. The fraction of sp³-hybridized carbons (Fsp3) is 0.559. The zero-order chi connectivity index (χ0) is 30.4. The molecule has 0 aliphatic carbocycles. The number of imidazole rings is 1. The molecule has 1 fully saturated rings. The minimum Gasteiger partial charge on any atom is -0.479 e. The van der Waals surface area contributed by atoms with E-state index in [1.165, 1.54) is 16.8 Å². The van der Waals surface area contributed by atoms with E-state index < -0.39 is 17.7 Å². The van der Waals surface area contributed by atoms with Crippen LogP contribution in [0.25, 0.3) is 11.1 Å². The molecule has 8 nitrogen and oxygen atoms in total. The largest absolute Gasteiger partial charge is 0.479 e. The lowest BCUT2D eigenvalue weighted by Crippen LogP contribution is -2.39. The summed E-state index contributed by atoms with van der Waals surface area (Å²) in [7, 11) is 0. The summed E-state index contributed by atoms with van der Waals surface area (Å²) in [5.41, 5.74) is 9.94. The summed E-state index contributed by atoms with van der Waals surface area (Å²) in [5.74, 6) is -0.985. The van der Waals surface area contributed by atoms with Gasteiger partial charge in [-0.2, -0.15) is 0 Å². The van der Waals surface area contributed by atoms with Crippen LogP contribution in [0, 0.1) is 26.2 Å². The maximum Gasteiger partial charge on any atom is 0.337 e. The number of pyridine rings is 1. The number of aliphatic carboxylic acids is 1. The van der Waals surface area contributed by atoms with Crippen molar-refractivity contribution >= 4 is 11.7 Å². The van der Waals surface area contributed by atoms with Gasteiger partial charge in [0.15, 0.2) is 6.10 Å². The number of hydrogen-bond donors (Lipinski definition) is 2. The molecule has 3 aromatic rings. The number of benzene rings is 1. The molecule has 2 aromatic heterocycles. The van der Waals surface area contributed by atoms with E-state index in [4.69, 9.17) is 9.72 Å². The third-order valence-corrected chi connectivity index (χ3v) is 8.87. The van der Waals surface area contributed by atoms with Crippen molar-refractivity contribution < 1.29 is 14.6 Å². The Labute approximate surface area is 250 Å². The van der Waals surface area contributed by atoms with Gasteiger partial charge in [0.25, 0.3) is 0 Å². The van der Waals surface area contributed by atoms with Gasteiger partial charge in [0.2, 0.25) is 0 Å². The van der Waals surface area contributed by atoms with Crippen LogP contribution in [0.2, 0.25) is 0 Å². The van der Waals surface area contributed by atoms with Crippen LogP contribution in [-0.4, -0.2) is 56.2 Å². The zero-order valence-electron chi connectivity index (χ0n) is 26.6. The Hall–Kier alpha value is -3.23. The van der Waals surface area contributed by atoms with Gasteiger partial charge in [-0.3, -0.25) is 9.88 Å². The number of nitrogens with one attached hydrogen (secondary N) is 1. The number of aromatic amines is 1. The Morgan fingerprint density at radius 3 is 2.40 bits per heavy atom. The van der Waals surface area contributed by atoms with Gasteiger partial charge in [0, 0.05) is 55.2 Å². The van der Waals surface area contributed by atoms with Crippen molar-refractivity contribution in [2.75, 3.05) is 24.5 Å². The molecule has 2 N–H and O–H groups in total. The molecule has 0 spiro atoms. The quantitative estimate of drug-likeness (QED) is 0.332. The van der Waals surface area contributed by atoms with Crippen molar-refractivity contribution in [2.24, 2.45) is 5.41 Å². The molecule has 2 aliphatic heterocycles. The van der Waals surface area contributed by atoms with Crippen molar-refractivity contribution in [3.05, 3.63) is 64.0 Å².